The van der Waals surface area contributed by atoms with Crippen LogP contribution in [0, 0.1) is 31.6 Å². The minimum Gasteiger partial charge on any atom is -0.497 e. The molecule has 1 amide bonds. The molecule has 190 valence electrons. The SMILES string of the molecule is COc1cccc(S(=O)(=O)N2C[C@@H](C(=O)N3CCN(c4cc(C)ccc4C)CC3)[C@H](C(C)C)C2)c1. The summed E-state index contributed by atoms with van der Waals surface area (Å²) in [6, 6.07) is 13.0. The molecule has 2 fully saturated rings. The van der Waals surface area contributed by atoms with Gasteiger partial charge in [-0.05, 0) is 55.0 Å². The predicted molar refractivity (Wildman–Crippen MR) is 138 cm³/mol. The molecule has 2 aromatic carbocycles. The lowest BCUT2D eigenvalue weighted by Gasteiger charge is -2.38. The summed E-state index contributed by atoms with van der Waals surface area (Å²) >= 11 is 0. The summed E-state index contributed by atoms with van der Waals surface area (Å²) in [6.07, 6.45) is 0. The standard InChI is InChI=1S/C27H37N3O4S/c1-19(2)24-17-30(35(32,33)23-8-6-7-22(16-23)34-5)18-25(24)27(31)29-13-11-28(12-14-29)26-15-20(3)9-10-21(26)4/h6-10,15-16,19,24-25H,11-14,17-18H2,1-5H3/t24-,25+/m0/s1. The molecule has 2 atom stereocenters. The largest absolute Gasteiger partial charge is 0.497 e. The van der Waals surface area contributed by atoms with Gasteiger partial charge in [0.1, 0.15) is 5.75 Å². The average molecular weight is 500 g/mol. The van der Waals surface area contributed by atoms with Crippen LogP contribution in [0.4, 0.5) is 5.69 Å². The Labute approximate surface area is 209 Å². The molecule has 7 nitrogen and oxygen atoms in total. The van der Waals surface area contributed by atoms with Crippen LogP contribution in [0.1, 0.15) is 25.0 Å². The molecule has 4 rings (SSSR count). The molecule has 2 aliphatic heterocycles. The third-order valence-electron chi connectivity index (χ3n) is 7.48. The van der Waals surface area contributed by atoms with E-state index < -0.39 is 10.0 Å². The topological polar surface area (TPSA) is 70.2 Å². The van der Waals surface area contributed by atoms with Gasteiger partial charge in [0.25, 0.3) is 0 Å². The Kier molecular flexibility index (Phi) is 7.43. The molecule has 0 aliphatic carbocycles. The van der Waals surface area contributed by atoms with Crippen LogP contribution in [-0.2, 0) is 14.8 Å². The summed E-state index contributed by atoms with van der Waals surface area (Å²) in [5, 5.41) is 0. The molecule has 0 saturated carbocycles. The summed E-state index contributed by atoms with van der Waals surface area (Å²) in [6.45, 7) is 11.8. The van der Waals surface area contributed by atoms with Crippen LogP contribution in [0.25, 0.3) is 0 Å². The lowest BCUT2D eigenvalue weighted by molar-refractivity contribution is -0.137. The summed E-state index contributed by atoms with van der Waals surface area (Å²) in [4.78, 5) is 18.1. The minimum absolute atomic E-state index is 0.0140. The third kappa shape index (κ3) is 5.19. The molecule has 35 heavy (non-hydrogen) atoms. The van der Waals surface area contributed by atoms with Gasteiger partial charge in [-0.3, -0.25) is 4.79 Å². The highest BCUT2D eigenvalue weighted by Crippen LogP contribution is 2.35. The van der Waals surface area contributed by atoms with Crippen molar-refractivity contribution in [1.29, 1.82) is 0 Å². The van der Waals surface area contributed by atoms with E-state index in [1.807, 2.05) is 4.90 Å². The van der Waals surface area contributed by atoms with E-state index in [4.69, 9.17) is 4.74 Å². The number of methoxy groups -OCH3 is 1. The summed E-state index contributed by atoms with van der Waals surface area (Å²) in [7, 11) is -2.20. The van der Waals surface area contributed by atoms with Gasteiger partial charge in [-0.15, -0.1) is 0 Å². The molecule has 0 N–H and O–H groups in total. The second kappa shape index (κ2) is 10.2. The molecule has 0 spiro atoms. The number of nitrogens with zero attached hydrogens (tertiary/aromatic N) is 3. The van der Waals surface area contributed by atoms with Crippen molar-refractivity contribution in [2.24, 2.45) is 17.8 Å². The number of ether oxygens (including phenoxy) is 1. The van der Waals surface area contributed by atoms with Gasteiger partial charge in [-0.25, -0.2) is 8.42 Å². The Morgan fingerprint density at radius 2 is 1.71 bits per heavy atom. The number of sulfonamides is 1. The van der Waals surface area contributed by atoms with Gasteiger partial charge in [0.15, 0.2) is 0 Å². The number of aryl methyl sites for hydroxylation is 2. The van der Waals surface area contributed by atoms with Gasteiger partial charge < -0.3 is 14.5 Å². The van der Waals surface area contributed by atoms with Crippen molar-refractivity contribution >= 4 is 21.6 Å². The zero-order valence-corrected chi connectivity index (χ0v) is 22.2. The van der Waals surface area contributed by atoms with Crippen molar-refractivity contribution in [2.45, 2.75) is 32.6 Å². The van der Waals surface area contributed by atoms with E-state index in [0.717, 1.165) is 13.1 Å². The molecule has 2 saturated heterocycles. The van der Waals surface area contributed by atoms with E-state index in [1.165, 1.54) is 28.2 Å². The Bertz CT molecular complexity index is 1170. The first-order valence-corrected chi connectivity index (χ1v) is 13.8. The fourth-order valence-electron chi connectivity index (χ4n) is 5.30. The van der Waals surface area contributed by atoms with Crippen molar-refractivity contribution in [3.05, 3.63) is 53.6 Å². The fourth-order valence-corrected chi connectivity index (χ4v) is 6.84. The highest BCUT2D eigenvalue weighted by Gasteiger charge is 2.45. The summed E-state index contributed by atoms with van der Waals surface area (Å²) in [5.74, 6) is 0.431. The fraction of sp³-hybridized carbons (Fsp3) is 0.519. The molecule has 2 aliphatic rings. The Morgan fingerprint density at radius 3 is 2.37 bits per heavy atom. The predicted octanol–water partition coefficient (Wildman–Crippen LogP) is 3.55. The maximum absolute atomic E-state index is 13.7. The number of benzene rings is 2. The number of anilines is 1. The quantitative estimate of drug-likeness (QED) is 0.608. The second-order valence-electron chi connectivity index (χ2n) is 10.1. The molecular weight excluding hydrogens is 462 g/mol. The maximum Gasteiger partial charge on any atom is 0.243 e. The number of carbonyl (C=O) groups is 1. The lowest BCUT2D eigenvalue weighted by atomic mass is 9.85. The third-order valence-corrected chi connectivity index (χ3v) is 9.31. The molecule has 0 radical (unpaired) electrons. The van der Waals surface area contributed by atoms with Crippen LogP contribution in [0.2, 0.25) is 0 Å². The first-order valence-electron chi connectivity index (χ1n) is 12.4. The van der Waals surface area contributed by atoms with Gasteiger partial charge >= 0.3 is 0 Å². The van der Waals surface area contributed by atoms with Crippen molar-refractivity contribution in [1.82, 2.24) is 9.21 Å². The second-order valence-corrected chi connectivity index (χ2v) is 12.1. The highest BCUT2D eigenvalue weighted by atomic mass is 32.2. The Morgan fingerprint density at radius 1 is 1.00 bits per heavy atom. The van der Waals surface area contributed by atoms with Gasteiger partial charge in [-0.2, -0.15) is 4.31 Å². The maximum atomic E-state index is 13.7. The first-order chi connectivity index (χ1) is 16.6. The van der Waals surface area contributed by atoms with Crippen molar-refractivity contribution in [3.63, 3.8) is 0 Å². The Hall–Kier alpha value is -2.58. The zero-order chi connectivity index (χ0) is 25.3. The molecule has 2 heterocycles. The normalized spacial score (nSPS) is 21.5. The number of hydrogen-bond acceptors (Lipinski definition) is 5. The van der Waals surface area contributed by atoms with Crippen molar-refractivity contribution in [3.8, 4) is 5.75 Å². The van der Waals surface area contributed by atoms with Crippen LogP contribution in [0.3, 0.4) is 0 Å². The average Bonchev–Trinajstić information content (AvgIpc) is 3.32. The molecular formula is C27H37N3O4S. The summed E-state index contributed by atoms with van der Waals surface area (Å²) < 4.78 is 33.5. The van der Waals surface area contributed by atoms with Crippen molar-refractivity contribution in [2.75, 3.05) is 51.3 Å². The van der Waals surface area contributed by atoms with Crippen LogP contribution in [-0.4, -0.2) is 69.9 Å². The Balaban J connectivity index is 1.48. The molecule has 2 aromatic rings. The number of hydrogen-bond donors (Lipinski definition) is 0. The zero-order valence-electron chi connectivity index (χ0n) is 21.4. The molecule has 0 aromatic heterocycles. The summed E-state index contributed by atoms with van der Waals surface area (Å²) in [5.41, 5.74) is 3.70. The monoisotopic (exact) mass is 499 g/mol. The van der Waals surface area contributed by atoms with Crippen LogP contribution in [0.5, 0.6) is 5.75 Å². The van der Waals surface area contributed by atoms with Gasteiger partial charge in [0, 0.05) is 51.0 Å². The minimum atomic E-state index is -3.71. The number of amides is 1. The van der Waals surface area contributed by atoms with Crippen LogP contribution < -0.4 is 9.64 Å². The van der Waals surface area contributed by atoms with E-state index >= 15 is 0 Å². The number of piperazine rings is 1. The molecule has 0 unspecified atom stereocenters. The van der Waals surface area contributed by atoms with Crippen LogP contribution >= 0.6 is 0 Å². The van der Waals surface area contributed by atoms with Gasteiger partial charge in [0.05, 0.1) is 17.9 Å². The highest BCUT2D eigenvalue weighted by molar-refractivity contribution is 7.89. The lowest BCUT2D eigenvalue weighted by Crippen LogP contribution is -2.51. The first kappa shape index (κ1) is 25.5. The van der Waals surface area contributed by atoms with E-state index in [0.29, 0.717) is 25.4 Å². The van der Waals surface area contributed by atoms with Crippen molar-refractivity contribution < 1.29 is 17.9 Å². The number of carbonyl (C=O) groups excluding carboxylic acids is 1. The number of rotatable bonds is 6. The van der Waals surface area contributed by atoms with E-state index in [2.05, 4.69) is 50.8 Å². The van der Waals surface area contributed by atoms with Gasteiger partial charge in [0.2, 0.25) is 15.9 Å². The molecule has 0 bridgehead atoms. The van der Waals surface area contributed by atoms with Gasteiger partial charge in [-0.1, -0.05) is 32.0 Å². The van der Waals surface area contributed by atoms with E-state index in [9.17, 15) is 13.2 Å². The van der Waals surface area contributed by atoms with Crippen LogP contribution in [0.15, 0.2) is 47.4 Å². The van der Waals surface area contributed by atoms with E-state index in [-0.39, 0.29) is 35.1 Å². The smallest absolute Gasteiger partial charge is 0.243 e. The molecule has 8 heteroatoms. The van der Waals surface area contributed by atoms with E-state index in [1.54, 1.807) is 24.3 Å².